The maximum atomic E-state index is 13.1. The molecule has 25 heavy (non-hydrogen) atoms. The van der Waals surface area contributed by atoms with Gasteiger partial charge in [-0.05, 0) is 18.6 Å². The third-order valence-electron chi connectivity index (χ3n) is 3.99. The number of carbonyl (C=O) groups is 1. The van der Waals surface area contributed by atoms with Crippen LogP contribution in [0.4, 0.5) is 5.69 Å². The van der Waals surface area contributed by atoms with Gasteiger partial charge in [-0.2, -0.15) is 0 Å². The molecule has 3 aromatic rings. The zero-order valence-corrected chi connectivity index (χ0v) is 15.3. The molecule has 2 aromatic heterocycles. The first-order valence-corrected chi connectivity index (χ1v) is 9.78. The number of nitrogens with zero attached hydrogens (tertiary/aromatic N) is 4. The van der Waals surface area contributed by atoms with Gasteiger partial charge in [-0.3, -0.25) is 14.8 Å². The van der Waals surface area contributed by atoms with E-state index in [2.05, 4.69) is 27.9 Å². The molecule has 0 saturated carbocycles. The van der Waals surface area contributed by atoms with E-state index in [-0.39, 0.29) is 5.91 Å². The van der Waals surface area contributed by atoms with E-state index in [9.17, 15) is 4.79 Å². The molecule has 0 N–H and O–H groups in total. The van der Waals surface area contributed by atoms with Crippen LogP contribution in [0.5, 0.6) is 0 Å². The van der Waals surface area contributed by atoms with E-state index in [1.165, 1.54) is 11.3 Å². The summed E-state index contributed by atoms with van der Waals surface area (Å²) < 4.78 is 0. The first-order chi connectivity index (χ1) is 12.2. The van der Waals surface area contributed by atoms with Gasteiger partial charge in [-0.1, -0.05) is 19.1 Å². The summed E-state index contributed by atoms with van der Waals surface area (Å²) in [5.41, 5.74) is 2.11. The number of para-hydroxylation sites is 1. The lowest BCUT2D eigenvalue weighted by Gasteiger charge is -2.21. The summed E-state index contributed by atoms with van der Waals surface area (Å²) in [6.45, 7) is 2.90. The summed E-state index contributed by atoms with van der Waals surface area (Å²) in [7, 11) is 0. The SMILES string of the molecule is CC1CCN(C(=O)c2csc(-c3cnccn3)n2)c2ccccc2S1. The van der Waals surface area contributed by atoms with Crippen molar-refractivity contribution in [3.8, 4) is 10.7 Å². The molecule has 0 aliphatic carbocycles. The number of hydrogen-bond donors (Lipinski definition) is 0. The van der Waals surface area contributed by atoms with Crippen LogP contribution in [0.1, 0.15) is 23.8 Å². The fraction of sp³-hybridized carbons (Fsp3) is 0.222. The van der Waals surface area contributed by atoms with Crippen LogP contribution in [0.15, 0.2) is 53.1 Å². The molecule has 7 heteroatoms. The average molecular weight is 368 g/mol. The fourth-order valence-electron chi connectivity index (χ4n) is 2.74. The third-order valence-corrected chi connectivity index (χ3v) is 6.10. The number of carbonyl (C=O) groups excluding carboxylic acids is 1. The van der Waals surface area contributed by atoms with Crippen LogP contribution in [0, 0.1) is 0 Å². The summed E-state index contributed by atoms with van der Waals surface area (Å²) >= 11 is 3.24. The predicted octanol–water partition coefficient (Wildman–Crippen LogP) is 4.13. The van der Waals surface area contributed by atoms with Crippen molar-refractivity contribution in [3.63, 3.8) is 0 Å². The van der Waals surface area contributed by atoms with Gasteiger partial charge >= 0.3 is 0 Å². The summed E-state index contributed by atoms with van der Waals surface area (Å²) in [6, 6.07) is 8.08. The quantitative estimate of drug-likeness (QED) is 0.681. The molecule has 0 spiro atoms. The van der Waals surface area contributed by atoms with Crippen LogP contribution in [-0.4, -0.2) is 32.7 Å². The number of anilines is 1. The molecular formula is C18H16N4OS2. The molecule has 0 saturated heterocycles. The molecule has 1 aromatic carbocycles. The predicted molar refractivity (Wildman–Crippen MR) is 101 cm³/mol. The lowest BCUT2D eigenvalue weighted by Crippen LogP contribution is -2.32. The maximum Gasteiger partial charge on any atom is 0.277 e. The molecule has 1 unspecified atom stereocenters. The second kappa shape index (κ2) is 6.93. The molecule has 3 heterocycles. The summed E-state index contributed by atoms with van der Waals surface area (Å²) in [6.07, 6.45) is 5.86. The van der Waals surface area contributed by atoms with E-state index in [0.29, 0.717) is 28.2 Å². The smallest absolute Gasteiger partial charge is 0.277 e. The van der Waals surface area contributed by atoms with Crippen molar-refractivity contribution in [1.29, 1.82) is 0 Å². The summed E-state index contributed by atoms with van der Waals surface area (Å²) in [5, 5.41) is 2.99. The van der Waals surface area contributed by atoms with Gasteiger partial charge in [0.2, 0.25) is 0 Å². The van der Waals surface area contributed by atoms with Crippen molar-refractivity contribution < 1.29 is 4.79 Å². The first kappa shape index (κ1) is 16.2. The van der Waals surface area contributed by atoms with E-state index in [4.69, 9.17) is 0 Å². The average Bonchev–Trinajstić information content (AvgIpc) is 3.07. The van der Waals surface area contributed by atoms with Crippen molar-refractivity contribution >= 4 is 34.7 Å². The van der Waals surface area contributed by atoms with Gasteiger partial charge in [-0.25, -0.2) is 4.98 Å². The highest BCUT2D eigenvalue weighted by Gasteiger charge is 2.26. The van der Waals surface area contributed by atoms with E-state index < -0.39 is 0 Å². The number of rotatable bonds is 2. The number of hydrogen-bond acceptors (Lipinski definition) is 6. The molecule has 1 aliphatic rings. The Morgan fingerprint density at radius 1 is 1.28 bits per heavy atom. The van der Waals surface area contributed by atoms with Crippen LogP contribution < -0.4 is 4.90 Å². The van der Waals surface area contributed by atoms with Gasteiger partial charge in [0.1, 0.15) is 16.4 Å². The molecule has 1 atom stereocenters. The lowest BCUT2D eigenvalue weighted by atomic mass is 10.2. The van der Waals surface area contributed by atoms with Crippen LogP contribution in [-0.2, 0) is 0 Å². The van der Waals surface area contributed by atoms with E-state index in [0.717, 1.165) is 17.0 Å². The second-order valence-corrected chi connectivity index (χ2v) is 8.11. The minimum atomic E-state index is -0.0615. The second-order valence-electron chi connectivity index (χ2n) is 5.77. The summed E-state index contributed by atoms with van der Waals surface area (Å²) in [4.78, 5) is 28.9. The number of aromatic nitrogens is 3. The van der Waals surface area contributed by atoms with Crippen molar-refractivity contribution in [2.24, 2.45) is 0 Å². The number of thiazole rings is 1. The third kappa shape index (κ3) is 3.29. The van der Waals surface area contributed by atoms with Gasteiger partial charge < -0.3 is 4.90 Å². The van der Waals surface area contributed by atoms with Crippen molar-refractivity contribution in [3.05, 3.63) is 53.9 Å². The molecule has 0 fully saturated rings. The van der Waals surface area contributed by atoms with Gasteiger partial charge in [0.25, 0.3) is 5.91 Å². The largest absolute Gasteiger partial charge is 0.306 e. The van der Waals surface area contributed by atoms with Gasteiger partial charge in [0.05, 0.1) is 11.9 Å². The number of benzene rings is 1. The Morgan fingerprint density at radius 2 is 2.16 bits per heavy atom. The Labute approximate surface area is 154 Å². The molecular weight excluding hydrogens is 352 g/mol. The van der Waals surface area contributed by atoms with Crippen molar-refractivity contribution in [2.75, 3.05) is 11.4 Å². The molecule has 1 amide bonds. The van der Waals surface area contributed by atoms with E-state index in [1.807, 2.05) is 34.9 Å². The molecule has 5 nitrogen and oxygen atoms in total. The first-order valence-electron chi connectivity index (χ1n) is 8.02. The molecule has 4 rings (SSSR count). The van der Waals surface area contributed by atoms with E-state index >= 15 is 0 Å². The maximum absolute atomic E-state index is 13.1. The Kier molecular flexibility index (Phi) is 4.50. The fourth-order valence-corrected chi connectivity index (χ4v) is 4.60. The normalized spacial score (nSPS) is 17.0. The van der Waals surface area contributed by atoms with Crippen LogP contribution >= 0.6 is 23.1 Å². The minimum Gasteiger partial charge on any atom is -0.306 e. The molecule has 0 bridgehead atoms. The topological polar surface area (TPSA) is 59.0 Å². The minimum absolute atomic E-state index is 0.0615. The van der Waals surface area contributed by atoms with Crippen LogP contribution in [0.25, 0.3) is 10.7 Å². The standard InChI is InChI=1S/C18H16N4OS2/c1-12-6-9-22(15-4-2-3-5-16(15)25-12)18(23)14-11-24-17(21-14)13-10-19-7-8-20-13/h2-5,7-8,10-12H,6,9H2,1H3. The highest BCUT2D eigenvalue weighted by atomic mass is 32.2. The molecule has 0 radical (unpaired) electrons. The Hall–Kier alpha value is -2.25. The Bertz CT molecular complexity index is 897. The van der Waals surface area contributed by atoms with Crippen LogP contribution in [0.2, 0.25) is 0 Å². The van der Waals surface area contributed by atoms with Gasteiger partial charge in [-0.15, -0.1) is 23.1 Å². The van der Waals surface area contributed by atoms with Crippen molar-refractivity contribution in [1.82, 2.24) is 15.0 Å². The lowest BCUT2D eigenvalue weighted by molar-refractivity contribution is 0.0982. The highest BCUT2D eigenvalue weighted by molar-refractivity contribution is 8.00. The van der Waals surface area contributed by atoms with Gasteiger partial charge in [0.15, 0.2) is 0 Å². The van der Waals surface area contributed by atoms with E-state index in [1.54, 1.807) is 24.0 Å². The molecule has 1 aliphatic heterocycles. The van der Waals surface area contributed by atoms with Crippen LogP contribution in [0.3, 0.4) is 0 Å². The number of thioether (sulfide) groups is 1. The summed E-state index contributed by atoms with van der Waals surface area (Å²) in [5.74, 6) is -0.0615. The van der Waals surface area contributed by atoms with Crippen molar-refractivity contribution in [2.45, 2.75) is 23.5 Å². The zero-order valence-electron chi connectivity index (χ0n) is 13.6. The zero-order chi connectivity index (χ0) is 17.2. The number of amides is 1. The monoisotopic (exact) mass is 368 g/mol. The molecule has 126 valence electrons. The number of fused-ring (bicyclic) bond motifs is 1. The Balaban J connectivity index is 1.66. The highest BCUT2D eigenvalue weighted by Crippen LogP contribution is 2.38. The Morgan fingerprint density at radius 3 is 3.00 bits per heavy atom. The van der Waals surface area contributed by atoms with Gasteiger partial charge in [0, 0.05) is 34.5 Å².